The lowest BCUT2D eigenvalue weighted by Crippen LogP contribution is -2.40. The van der Waals surface area contributed by atoms with Crippen LogP contribution in [0, 0.1) is 29.1 Å². The number of thiophene rings is 1. The summed E-state index contributed by atoms with van der Waals surface area (Å²) in [5, 5.41) is 9.70. The maximum atomic E-state index is 13.3. The number of methoxy groups -OCH3 is 1. The second kappa shape index (κ2) is 12.1. The maximum absolute atomic E-state index is 13.3. The molecule has 2 rings (SSSR count). The Morgan fingerprint density at radius 1 is 1.23 bits per heavy atom. The van der Waals surface area contributed by atoms with E-state index in [1.807, 2.05) is 34.6 Å². The molecule has 1 heterocycles. The highest BCUT2D eigenvalue weighted by molar-refractivity contribution is 7.15. The lowest BCUT2D eigenvalue weighted by atomic mass is 9.82. The molecule has 0 unspecified atom stereocenters. The van der Waals surface area contributed by atoms with E-state index in [0.29, 0.717) is 29.6 Å². The zero-order chi connectivity index (χ0) is 22.9. The minimum absolute atomic E-state index is 0.000388. The highest BCUT2D eigenvalue weighted by atomic mass is 32.1. The molecule has 1 saturated carbocycles. The molecule has 1 aliphatic carbocycles. The van der Waals surface area contributed by atoms with Crippen LogP contribution in [0.2, 0.25) is 0 Å². The van der Waals surface area contributed by atoms with Crippen molar-refractivity contribution >= 4 is 28.9 Å². The fourth-order valence-electron chi connectivity index (χ4n) is 3.31. The Bertz CT molecular complexity index is 758. The molecule has 6 heteroatoms. The number of rotatable bonds is 6. The fraction of sp³-hybridized carbons (Fsp3) is 0.667. The van der Waals surface area contributed by atoms with Crippen LogP contribution in [-0.2, 0) is 9.53 Å². The van der Waals surface area contributed by atoms with Gasteiger partial charge in [0.1, 0.15) is 4.88 Å². The number of aromatic carboxylic acids is 1. The Morgan fingerprint density at radius 3 is 2.33 bits per heavy atom. The summed E-state index contributed by atoms with van der Waals surface area (Å²) >= 11 is 1.13. The number of hydrogen-bond donors (Lipinski definition) is 1. The molecule has 1 aromatic heterocycles. The van der Waals surface area contributed by atoms with Crippen LogP contribution in [0.4, 0.5) is 5.69 Å². The normalized spacial score (nSPS) is 18.5. The largest absolute Gasteiger partial charge is 0.477 e. The number of carboxylic acids is 1. The minimum atomic E-state index is -1.03. The quantitative estimate of drug-likeness (QED) is 0.584. The number of carboxylic acid groups (broad SMARTS) is 1. The van der Waals surface area contributed by atoms with Crippen LogP contribution in [-0.4, -0.2) is 37.2 Å². The van der Waals surface area contributed by atoms with E-state index in [0.717, 1.165) is 37.0 Å². The summed E-state index contributed by atoms with van der Waals surface area (Å²) < 4.78 is 5.18. The Kier molecular flexibility index (Phi) is 10.6. The first-order valence-electron chi connectivity index (χ1n) is 10.8. The predicted octanol–water partition coefficient (Wildman–Crippen LogP) is 5.68. The van der Waals surface area contributed by atoms with Crippen LogP contribution in [0.5, 0.6) is 0 Å². The molecule has 1 amide bonds. The van der Waals surface area contributed by atoms with Gasteiger partial charge in [0, 0.05) is 25.0 Å². The van der Waals surface area contributed by atoms with Crippen LogP contribution in [0.3, 0.4) is 0 Å². The molecule has 0 aromatic carbocycles. The fourth-order valence-corrected chi connectivity index (χ4v) is 4.16. The van der Waals surface area contributed by atoms with Crippen LogP contribution < -0.4 is 4.90 Å². The highest BCUT2D eigenvalue weighted by Crippen LogP contribution is 2.35. The van der Waals surface area contributed by atoms with Crippen molar-refractivity contribution in [2.45, 2.75) is 67.2 Å². The Morgan fingerprint density at radius 2 is 1.83 bits per heavy atom. The molecule has 0 bridgehead atoms. The van der Waals surface area contributed by atoms with Gasteiger partial charge in [0.15, 0.2) is 0 Å². The Labute approximate surface area is 185 Å². The number of carbonyl (C=O) groups excluding carboxylic acids is 1. The van der Waals surface area contributed by atoms with E-state index >= 15 is 0 Å². The summed E-state index contributed by atoms with van der Waals surface area (Å²) in [7, 11) is 1.58. The summed E-state index contributed by atoms with van der Waals surface area (Å²) in [5.41, 5.74) is 0.258. The van der Waals surface area contributed by atoms with Crippen molar-refractivity contribution in [2.24, 2.45) is 17.3 Å². The Balaban J connectivity index is 0.00000218. The van der Waals surface area contributed by atoms with Gasteiger partial charge in [0.2, 0.25) is 5.91 Å². The number of amides is 1. The van der Waals surface area contributed by atoms with Gasteiger partial charge in [-0.2, -0.15) is 0 Å². The first kappa shape index (κ1) is 26.2. The summed E-state index contributed by atoms with van der Waals surface area (Å²) in [5.74, 6) is 5.76. The number of nitrogens with zero attached hydrogens (tertiary/aromatic N) is 1. The molecular formula is C24H37NO4S. The lowest BCUT2D eigenvalue weighted by molar-refractivity contribution is -0.123. The highest BCUT2D eigenvalue weighted by Gasteiger charge is 2.31. The third kappa shape index (κ3) is 7.77. The van der Waals surface area contributed by atoms with Gasteiger partial charge in [-0.3, -0.25) is 4.79 Å². The molecule has 168 valence electrons. The molecule has 30 heavy (non-hydrogen) atoms. The van der Waals surface area contributed by atoms with Crippen molar-refractivity contribution in [3.8, 4) is 11.8 Å². The zero-order valence-corrected chi connectivity index (χ0v) is 20.3. The van der Waals surface area contributed by atoms with Crippen molar-refractivity contribution in [1.29, 1.82) is 0 Å². The third-order valence-corrected chi connectivity index (χ3v) is 5.94. The van der Waals surface area contributed by atoms with E-state index in [1.54, 1.807) is 18.1 Å². The van der Waals surface area contributed by atoms with Gasteiger partial charge in [-0.15, -0.1) is 11.3 Å². The molecule has 0 aliphatic heterocycles. The first-order chi connectivity index (χ1) is 14.1. The van der Waals surface area contributed by atoms with Crippen molar-refractivity contribution in [3.05, 3.63) is 15.8 Å². The first-order valence-corrected chi connectivity index (χ1v) is 11.6. The molecule has 0 atom stereocenters. The topological polar surface area (TPSA) is 66.8 Å². The predicted molar refractivity (Wildman–Crippen MR) is 124 cm³/mol. The molecule has 1 aromatic rings. The van der Waals surface area contributed by atoms with Gasteiger partial charge in [-0.1, -0.05) is 32.6 Å². The standard InChI is InChI=1S/C22H31NO4S.C2H6/c1-15-6-8-16(9-7-15)20(24)23(12-13-27-5)18-14-17(10-11-22(2,3)4)28-19(18)21(25)26;1-2/h14-16H,6-9,12-13H2,1-5H3,(H,25,26);1-2H3. The molecule has 0 saturated heterocycles. The Hall–Kier alpha value is -1.84. The van der Waals surface area contributed by atoms with E-state index in [1.165, 1.54) is 0 Å². The molecule has 1 aliphatic rings. The number of carbonyl (C=O) groups is 2. The van der Waals surface area contributed by atoms with Crippen molar-refractivity contribution in [3.63, 3.8) is 0 Å². The van der Waals surface area contributed by atoms with E-state index in [-0.39, 0.29) is 22.1 Å². The van der Waals surface area contributed by atoms with E-state index < -0.39 is 5.97 Å². The van der Waals surface area contributed by atoms with E-state index in [2.05, 4.69) is 18.8 Å². The molecule has 0 spiro atoms. The average Bonchev–Trinajstić information content (AvgIpc) is 3.13. The van der Waals surface area contributed by atoms with E-state index in [9.17, 15) is 14.7 Å². The molecule has 1 fully saturated rings. The number of ether oxygens (including phenoxy) is 1. The van der Waals surface area contributed by atoms with E-state index in [4.69, 9.17) is 4.74 Å². The van der Waals surface area contributed by atoms with Crippen molar-refractivity contribution < 1.29 is 19.4 Å². The lowest BCUT2D eigenvalue weighted by Gasteiger charge is -2.31. The average molecular weight is 436 g/mol. The van der Waals surface area contributed by atoms with Crippen LogP contribution in [0.25, 0.3) is 0 Å². The summed E-state index contributed by atoms with van der Waals surface area (Å²) in [6.07, 6.45) is 3.78. The molecule has 0 radical (unpaired) electrons. The summed E-state index contributed by atoms with van der Waals surface area (Å²) in [4.78, 5) is 27.5. The second-order valence-electron chi connectivity index (χ2n) is 8.57. The van der Waals surface area contributed by atoms with Gasteiger partial charge in [0.05, 0.1) is 17.2 Å². The van der Waals surface area contributed by atoms with Crippen LogP contribution in [0.15, 0.2) is 6.07 Å². The third-order valence-electron chi connectivity index (χ3n) is 4.91. The van der Waals surface area contributed by atoms with Crippen LogP contribution >= 0.6 is 11.3 Å². The van der Waals surface area contributed by atoms with Gasteiger partial charge in [0.25, 0.3) is 0 Å². The monoisotopic (exact) mass is 435 g/mol. The number of hydrogen-bond acceptors (Lipinski definition) is 4. The van der Waals surface area contributed by atoms with Crippen molar-refractivity contribution in [2.75, 3.05) is 25.2 Å². The minimum Gasteiger partial charge on any atom is -0.477 e. The summed E-state index contributed by atoms with van der Waals surface area (Å²) in [6, 6.07) is 1.74. The van der Waals surface area contributed by atoms with Crippen LogP contribution in [0.1, 0.15) is 81.8 Å². The van der Waals surface area contributed by atoms with Gasteiger partial charge < -0.3 is 14.7 Å². The molecule has 1 N–H and O–H groups in total. The van der Waals surface area contributed by atoms with Crippen molar-refractivity contribution in [1.82, 2.24) is 0 Å². The number of anilines is 1. The van der Waals surface area contributed by atoms with Gasteiger partial charge >= 0.3 is 5.97 Å². The molecule has 5 nitrogen and oxygen atoms in total. The van der Waals surface area contributed by atoms with Gasteiger partial charge in [-0.25, -0.2) is 4.79 Å². The molecular weight excluding hydrogens is 398 g/mol. The van der Waals surface area contributed by atoms with Gasteiger partial charge in [-0.05, 0) is 58.4 Å². The zero-order valence-electron chi connectivity index (χ0n) is 19.5. The SMILES string of the molecule is CC.COCCN(C(=O)C1CCC(C)CC1)c1cc(C#CC(C)(C)C)sc1C(=O)O. The smallest absolute Gasteiger partial charge is 0.348 e. The summed E-state index contributed by atoms with van der Waals surface area (Å²) in [6.45, 7) is 12.9. The maximum Gasteiger partial charge on any atom is 0.348 e. The second-order valence-corrected chi connectivity index (χ2v) is 9.62.